The number of nitrogens with zero attached hydrogens (tertiary/aromatic N) is 2. The molecule has 2 heterocycles. The van der Waals surface area contributed by atoms with Crippen molar-refractivity contribution in [2.75, 3.05) is 31.1 Å². The van der Waals surface area contributed by atoms with Gasteiger partial charge in [0.2, 0.25) is 0 Å². The summed E-state index contributed by atoms with van der Waals surface area (Å²) in [6.07, 6.45) is 0. The summed E-state index contributed by atoms with van der Waals surface area (Å²) < 4.78 is 18.9. The molecule has 0 bridgehead atoms. The van der Waals surface area contributed by atoms with E-state index in [0.29, 0.717) is 11.5 Å². The molecule has 1 saturated heterocycles. The number of piperazine rings is 1. The first-order valence-corrected chi connectivity index (χ1v) is 5.35. The highest BCUT2D eigenvalue weighted by atomic mass is 19.1. The van der Waals surface area contributed by atoms with E-state index in [2.05, 4.69) is 10.3 Å². The minimum Gasteiger partial charge on any atom is -0.420 e. The van der Waals surface area contributed by atoms with E-state index >= 15 is 0 Å². The number of rotatable bonds is 1. The third-order valence-electron chi connectivity index (χ3n) is 2.74. The monoisotopic (exact) mass is 221 g/mol. The lowest BCUT2D eigenvalue weighted by molar-refractivity contribution is 0.505. The van der Waals surface area contributed by atoms with E-state index in [0.717, 1.165) is 26.2 Å². The molecule has 1 fully saturated rings. The van der Waals surface area contributed by atoms with E-state index in [9.17, 15) is 4.39 Å². The average molecular weight is 221 g/mol. The van der Waals surface area contributed by atoms with Crippen molar-refractivity contribution >= 4 is 17.1 Å². The van der Waals surface area contributed by atoms with Gasteiger partial charge in [0, 0.05) is 26.2 Å². The summed E-state index contributed by atoms with van der Waals surface area (Å²) in [5, 5.41) is 3.24. The summed E-state index contributed by atoms with van der Waals surface area (Å²) in [4.78, 5) is 6.31. The number of fused-ring (bicyclic) bond motifs is 1. The van der Waals surface area contributed by atoms with Crippen LogP contribution in [0.2, 0.25) is 0 Å². The number of nitrogens with one attached hydrogen (secondary N) is 1. The molecule has 3 rings (SSSR count). The van der Waals surface area contributed by atoms with Crippen molar-refractivity contribution in [3.63, 3.8) is 0 Å². The van der Waals surface area contributed by atoms with Gasteiger partial charge in [0.15, 0.2) is 11.4 Å². The number of hydrogen-bond donors (Lipinski definition) is 1. The molecule has 1 aromatic heterocycles. The number of oxazole rings is 1. The Kier molecular flexibility index (Phi) is 2.25. The summed E-state index contributed by atoms with van der Waals surface area (Å²) in [6.45, 7) is 3.49. The predicted molar refractivity (Wildman–Crippen MR) is 59.0 cm³/mol. The molecule has 1 aromatic carbocycles. The summed E-state index contributed by atoms with van der Waals surface area (Å²) in [5.41, 5.74) is 0.824. The van der Waals surface area contributed by atoms with Gasteiger partial charge in [0.25, 0.3) is 6.01 Å². The SMILES string of the molecule is Fc1cccc2nc(N3CCNCC3)oc12. The zero-order valence-electron chi connectivity index (χ0n) is 8.74. The third-order valence-corrected chi connectivity index (χ3v) is 2.74. The molecule has 0 amide bonds. The second-order valence-electron chi connectivity index (χ2n) is 3.82. The summed E-state index contributed by atoms with van der Waals surface area (Å²) >= 11 is 0. The topological polar surface area (TPSA) is 41.3 Å². The Morgan fingerprint density at radius 1 is 1.31 bits per heavy atom. The van der Waals surface area contributed by atoms with Gasteiger partial charge in [0.05, 0.1) is 0 Å². The minimum atomic E-state index is -0.355. The van der Waals surface area contributed by atoms with Gasteiger partial charge in [-0.15, -0.1) is 0 Å². The maximum atomic E-state index is 13.4. The van der Waals surface area contributed by atoms with Gasteiger partial charge in [-0.2, -0.15) is 4.98 Å². The standard InChI is InChI=1S/C11H12FN3O/c12-8-2-1-3-9-10(8)16-11(14-9)15-6-4-13-5-7-15/h1-3,13H,4-7H2. The molecule has 0 aliphatic carbocycles. The highest BCUT2D eigenvalue weighted by molar-refractivity contribution is 5.75. The van der Waals surface area contributed by atoms with Gasteiger partial charge in [0.1, 0.15) is 5.52 Å². The lowest BCUT2D eigenvalue weighted by atomic mass is 10.3. The van der Waals surface area contributed by atoms with Crippen molar-refractivity contribution in [3.8, 4) is 0 Å². The normalized spacial score (nSPS) is 16.9. The Hall–Kier alpha value is -1.62. The van der Waals surface area contributed by atoms with Crippen LogP contribution < -0.4 is 10.2 Å². The number of hydrogen-bond acceptors (Lipinski definition) is 4. The first-order valence-electron chi connectivity index (χ1n) is 5.35. The molecule has 1 N–H and O–H groups in total. The number of anilines is 1. The quantitative estimate of drug-likeness (QED) is 0.789. The van der Waals surface area contributed by atoms with Gasteiger partial charge in [-0.25, -0.2) is 4.39 Å². The van der Waals surface area contributed by atoms with Crippen molar-refractivity contribution in [2.24, 2.45) is 0 Å². The van der Waals surface area contributed by atoms with Crippen molar-refractivity contribution in [1.29, 1.82) is 0 Å². The van der Waals surface area contributed by atoms with Crippen LogP contribution in [0.4, 0.5) is 10.4 Å². The van der Waals surface area contributed by atoms with Gasteiger partial charge in [-0.3, -0.25) is 0 Å². The molecular weight excluding hydrogens is 209 g/mol. The molecule has 0 atom stereocenters. The van der Waals surface area contributed by atoms with E-state index < -0.39 is 0 Å². The fourth-order valence-corrected chi connectivity index (χ4v) is 1.90. The smallest absolute Gasteiger partial charge is 0.298 e. The predicted octanol–water partition coefficient (Wildman–Crippen LogP) is 1.38. The van der Waals surface area contributed by atoms with Gasteiger partial charge >= 0.3 is 0 Å². The lowest BCUT2D eigenvalue weighted by Crippen LogP contribution is -2.43. The van der Waals surface area contributed by atoms with E-state index in [1.54, 1.807) is 12.1 Å². The molecule has 2 aromatic rings. The van der Waals surface area contributed by atoms with Crippen molar-refractivity contribution in [3.05, 3.63) is 24.0 Å². The van der Waals surface area contributed by atoms with Crippen molar-refractivity contribution in [2.45, 2.75) is 0 Å². The molecule has 84 valence electrons. The first-order chi connectivity index (χ1) is 7.84. The van der Waals surface area contributed by atoms with Crippen LogP contribution in [0.1, 0.15) is 0 Å². The van der Waals surface area contributed by atoms with E-state index in [1.165, 1.54) is 6.07 Å². The van der Waals surface area contributed by atoms with Crippen LogP contribution in [0.15, 0.2) is 22.6 Å². The molecular formula is C11H12FN3O. The fourth-order valence-electron chi connectivity index (χ4n) is 1.90. The van der Waals surface area contributed by atoms with Crippen LogP contribution in [0.25, 0.3) is 11.1 Å². The third kappa shape index (κ3) is 1.53. The van der Waals surface area contributed by atoms with Crippen molar-refractivity contribution < 1.29 is 8.81 Å². The molecule has 1 aliphatic rings. The lowest BCUT2D eigenvalue weighted by Gasteiger charge is -2.25. The average Bonchev–Trinajstić information content (AvgIpc) is 2.76. The van der Waals surface area contributed by atoms with Gasteiger partial charge in [-0.1, -0.05) is 6.07 Å². The zero-order valence-corrected chi connectivity index (χ0v) is 8.74. The Morgan fingerprint density at radius 3 is 2.88 bits per heavy atom. The molecule has 0 spiro atoms. The Labute approximate surface area is 92.1 Å². The zero-order chi connectivity index (χ0) is 11.0. The molecule has 16 heavy (non-hydrogen) atoms. The van der Waals surface area contributed by atoms with Gasteiger partial charge < -0.3 is 14.6 Å². The molecule has 5 heteroatoms. The van der Waals surface area contributed by atoms with Gasteiger partial charge in [-0.05, 0) is 12.1 Å². The number of halogens is 1. The Balaban J connectivity index is 2.01. The first kappa shape index (κ1) is 9.59. The minimum absolute atomic E-state index is 0.246. The maximum Gasteiger partial charge on any atom is 0.298 e. The molecule has 4 nitrogen and oxygen atoms in total. The van der Waals surface area contributed by atoms with Crippen molar-refractivity contribution in [1.82, 2.24) is 10.3 Å². The van der Waals surface area contributed by atoms with Crippen LogP contribution in [0.3, 0.4) is 0 Å². The highest BCUT2D eigenvalue weighted by Crippen LogP contribution is 2.24. The molecule has 1 aliphatic heterocycles. The second-order valence-corrected chi connectivity index (χ2v) is 3.82. The molecule has 0 saturated carbocycles. The summed E-state index contributed by atoms with van der Waals surface area (Å²) in [7, 11) is 0. The Bertz CT molecular complexity index is 505. The Morgan fingerprint density at radius 2 is 2.12 bits per heavy atom. The highest BCUT2D eigenvalue weighted by Gasteiger charge is 2.17. The number of para-hydroxylation sites is 1. The second kappa shape index (κ2) is 3.75. The number of benzene rings is 1. The van der Waals surface area contributed by atoms with E-state index in [-0.39, 0.29) is 11.4 Å². The largest absolute Gasteiger partial charge is 0.420 e. The van der Waals surface area contributed by atoms with E-state index in [4.69, 9.17) is 4.42 Å². The van der Waals surface area contributed by atoms with Crippen LogP contribution in [0, 0.1) is 5.82 Å². The fraction of sp³-hybridized carbons (Fsp3) is 0.364. The summed E-state index contributed by atoms with van der Waals surface area (Å²) in [6, 6.07) is 5.30. The molecule has 0 unspecified atom stereocenters. The summed E-state index contributed by atoms with van der Waals surface area (Å²) in [5.74, 6) is -0.355. The van der Waals surface area contributed by atoms with Crippen LogP contribution in [-0.2, 0) is 0 Å². The van der Waals surface area contributed by atoms with Crippen LogP contribution >= 0.6 is 0 Å². The van der Waals surface area contributed by atoms with E-state index in [1.807, 2.05) is 4.90 Å². The van der Waals surface area contributed by atoms with Crippen LogP contribution in [0.5, 0.6) is 0 Å². The molecule has 0 radical (unpaired) electrons. The van der Waals surface area contributed by atoms with Crippen LogP contribution in [-0.4, -0.2) is 31.2 Å². The number of aromatic nitrogens is 1. The maximum absolute atomic E-state index is 13.4.